The molecule has 0 aliphatic heterocycles. The van der Waals surface area contributed by atoms with Crippen molar-refractivity contribution in [2.24, 2.45) is 0 Å². The number of benzene rings is 1. The molecule has 0 radical (unpaired) electrons. The van der Waals surface area contributed by atoms with Crippen molar-refractivity contribution in [1.29, 1.82) is 0 Å². The van der Waals surface area contributed by atoms with E-state index < -0.39 is 6.10 Å². The fraction of sp³-hybridized carbons (Fsp3) is 0.200. The van der Waals surface area contributed by atoms with Crippen LogP contribution in [-0.2, 0) is 0 Å². The summed E-state index contributed by atoms with van der Waals surface area (Å²) in [4.78, 5) is 0. The van der Waals surface area contributed by atoms with Crippen LogP contribution in [0, 0.1) is 0 Å². The number of rotatable bonds is 2. The average molecular weight is 183 g/mol. The molecule has 1 aromatic rings. The Morgan fingerprint density at radius 1 is 1.33 bits per heavy atom. The maximum atomic E-state index is 8.96. The Kier molecular flexibility index (Phi) is 3.32. The number of halogens is 1. The summed E-state index contributed by atoms with van der Waals surface area (Å²) in [6, 6.07) is 7.45. The molecule has 0 saturated heterocycles. The molecular formula is C10H11ClO. The van der Waals surface area contributed by atoms with Gasteiger partial charge in [0.1, 0.15) is 0 Å². The molecule has 1 N–H and O–H groups in total. The van der Waals surface area contributed by atoms with Gasteiger partial charge in [-0.25, -0.2) is 0 Å². The quantitative estimate of drug-likeness (QED) is 0.746. The third-order valence-corrected chi connectivity index (χ3v) is 1.69. The first-order valence-electron chi connectivity index (χ1n) is 3.80. The van der Waals surface area contributed by atoms with Crippen molar-refractivity contribution in [1.82, 2.24) is 0 Å². The Morgan fingerprint density at radius 2 is 1.92 bits per heavy atom. The van der Waals surface area contributed by atoms with E-state index in [0.717, 1.165) is 10.6 Å². The first-order chi connectivity index (χ1) is 5.68. The first kappa shape index (κ1) is 9.30. The molecule has 1 aromatic carbocycles. The predicted molar refractivity (Wildman–Crippen MR) is 52.2 cm³/mol. The van der Waals surface area contributed by atoms with Crippen molar-refractivity contribution in [3.8, 4) is 0 Å². The van der Waals surface area contributed by atoms with Gasteiger partial charge in [0.2, 0.25) is 0 Å². The maximum absolute atomic E-state index is 8.96. The van der Waals surface area contributed by atoms with Gasteiger partial charge in [-0.3, -0.25) is 0 Å². The Bertz CT molecular complexity index is 262. The molecule has 0 aromatic heterocycles. The number of aliphatic hydroxyl groups excluding tert-OH is 1. The van der Waals surface area contributed by atoms with Crippen LogP contribution in [0.1, 0.15) is 12.5 Å². The second-order valence-electron chi connectivity index (χ2n) is 2.65. The molecule has 0 heterocycles. The topological polar surface area (TPSA) is 20.2 Å². The van der Waals surface area contributed by atoms with Crippen LogP contribution in [0.3, 0.4) is 0 Å². The van der Waals surface area contributed by atoms with Crippen molar-refractivity contribution in [2.45, 2.75) is 13.0 Å². The number of hydrogen-bond acceptors (Lipinski definition) is 1. The summed E-state index contributed by atoms with van der Waals surface area (Å²) in [6.45, 7) is 1.71. The monoisotopic (exact) mass is 182 g/mol. The van der Waals surface area contributed by atoms with E-state index >= 15 is 0 Å². The van der Waals surface area contributed by atoms with E-state index in [1.165, 1.54) is 0 Å². The molecule has 0 amide bonds. The van der Waals surface area contributed by atoms with Gasteiger partial charge in [0.15, 0.2) is 0 Å². The van der Waals surface area contributed by atoms with Crippen LogP contribution in [0.5, 0.6) is 0 Å². The van der Waals surface area contributed by atoms with Gasteiger partial charge in [-0.1, -0.05) is 35.9 Å². The van der Waals surface area contributed by atoms with Crippen LogP contribution in [0.4, 0.5) is 0 Å². The van der Waals surface area contributed by atoms with E-state index in [2.05, 4.69) is 0 Å². The van der Waals surface area contributed by atoms with Gasteiger partial charge < -0.3 is 5.11 Å². The molecule has 0 fully saturated rings. The van der Waals surface area contributed by atoms with Crippen LogP contribution in [0.2, 0.25) is 5.02 Å². The van der Waals surface area contributed by atoms with Crippen molar-refractivity contribution >= 4 is 17.7 Å². The van der Waals surface area contributed by atoms with Crippen LogP contribution in [-0.4, -0.2) is 11.2 Å². The highest BCUT2D eigenvalue weighted by atomic mass is 35.5. The predicted octanol–water partition coefficient (Wildman–Crippen LogP) is 2.73. The highest BCUT2D eigenvalue weighted by Gasteiger charge is 1.88. The minimum Gasteiger partial charge on any atom is -0.389 e. The molecule has 2 heteroatoms. The third kappa shape index (κ3) is 3.07. The molecule has 0 aliphatic carbocycles. The van der Waals surface area contributed by atoms with Gasteiger partial charge in [0.25, 0.3) is 0 Å². The van der Waals surface area contributed by atoms with E-state index in [1.54, 1.807) is 13.0 Å². The molecule has 12 heavy (non-hydrogen) atoms. The minimum absolute atomic E-state index is 0.402. The highest BCUT2D eigenvalue weighted by molar-refractivity contribution is 6.30. The zero-order valence-electron chi connectivity index (χ0n) is 6.87. The molecule has 1 rings (SSSR count). The van der Waals surface area contributed by atoms with Gasteiger partial charge in [0.05, 0.1) is 6.10 Å². The number of aliphatic hydroxyl groups is 1. The largest absolute Gasteiger partial charge is 0.389 e. The molecule has 64 valence electrons. The summed E-state index contributed by atoms with van der Waals surface area (Å²) in [6.07, 6.45) is 3.19. The highest BCUT2D eigenvalue weighted by Crippen LogP contribution is 2.10. The zero-order valence-corrected chi connectivity index (χ0v) is 7.62. The zero-order chi connectivity index (χ0) is 8.97. The van der Waals surface area contributed by atoms with E-state index in [-0.39, 0.29) is 0 Å². The Morgan fingerprint density at radius 3 is 2.42 bits per heavy atom. The van der Waals surface area contributed by atoms with Crippen molar-refractivity contribution < 1.29 is 5.11 Å². The number of hydrogen-bond donors (Lipinski definition) is 1. The van der Waals surface area contributed by atoms with Crippen molar-refractivity contribution in [2.75, 3.05) is 0 Å². The fourth-order valence-corrected chi connectivity index (χ4v) is 0.950. The molecule has 1 nitrogen and oxygen atoms in total. The van der Waals surface area contributed by atoms with Crippen LogP contribution < -0.4 is 0 Å². The summed E-state index contributed by atoms with van der Waals surface area (Å²) in [5, 5.41) is 9.68. The van der Waals surface area contributed by atoms with E-state index in [0.29, 0.717) is 0 Å². The lowest BCUT2D eigenvalue weighted by molar-refractivity contribution is 0.245. The SMILES string of the molecule is C[C@H](O)/C=C/c1ccc(Cl)cc1. The molecule has 0 saturated carbocycles. The summed E-state index contributed by atoms with van der Waals surface area (Å²) >= 11 is 5.70. The third-order valence-electron chi connectivity index (χ3n) is 1.44. The van der Waals surface area contributed by atoms with Crippen LogP contribution >= 0.6 is 11.6 Å². The van der Waals surface area contributed by atoms with E-state index in [1.807, 2.05) is 30.3 Å². The summed E-state index contributed by atoms with van der Waals surface area (Å²) < 4.78 is 0. The Labute approximate surface area is 77.3 Å². The fourth-order valence-electron chi connectivity index (χ4n) is 0.824. The van der Waals surface area contributed by atoms with Gasteiger partial charge >= 0.3 is 0 Å². The van der Waals surface area contributed by atoms with Gasteiger partial charge in [-0.2, -0.15) is 0 Å². The lowest BCUT2D eigenvalue weighted by Gasteiger charge is -1.95. The second-order valence-corrected chi connectivity index (χ2v) is 3.09. The van der Waals surface area contributed by atoms with Gasteiger partial charge in [0, 0.05) is 5.02 Å². The lowest BCUT2D eigenvalue weighted by Crippen LogP contribution is -1.90. The summed E-state index contributed by atoms with van der Waals surface area (Å²) in [5.41, 5.74) is 1.04. The van der Waals surface area contributed by atoms with E-state index in [4.69, 9.17) is 16.7 Å². The van der Waals surface area contributed by atoms with Crippen molar-refractivity contribution in [3.63, 3.8) is 0 Å². The first-order valence-corrected chi connectivity index (χ1v) is 4.18. The normalized spacial score (nSPS) is 13.6. The average Bonchev–Trinajstić information content (AvgIpc) is 2.03. The summed E-state index contributed by atoms with van der Waals surface area (Å²) in [7, 11) is 0. The van der Waals surface area contributed by atoms with Gasteiger partial charge in [-0.05, 0) is 24.6 Å². The Balaban J connectivity index is 2.71. The van der Waals surface area contributed by atoms with Gasteiger partial charge in [-0.15, -0.1) is 0 Å². The lowest BCUT2D eigenvalue weighted by atomic mass is 10.2. The second kappa shape index (κ2) is 4.29. The van der Waals surface area contributed by atoms with Crippen LogP contribution in [0.15, 0.2) is 30.3 Å². The molecule has 0 unspecified atom stereocenters. The molecule has 1 atom stereocenters. The molecule has 0 spiro atoms. The van der Waals surface area contributed by atoms with Crippen molar-refractivity contribution in [3.05, 3.63) is 40.9 Å². The van der Waals surface area contributed by atoms with E-state index in [9.17, 15) is 0 Å². The van der Waals surface area contributed by atoms with Crippen LogP contribution in [0.25, 0.3) is 6.08 Å². The minimum atomic E-state index is -0.402. The molecule has 0 bridgehead atoms. The maximum Gasteiger partial charge on any atom is 0.0696 e. The smallest absolute Gasteiger partial charge is 0.0696 e. The molecule has 0 aliphatic rings. The Hall–Kier alpha value is -0.790. The molecular weight excluding hydrogens is 172 g/mol. The standard InChI is InChI=1S/C10H11ClO/c1-8(12)2-3-9-4-6-10(11)7-5-9/h2-8,12H,1H3/b3-2+/t8-/m0/s1. The summed E-state index contributed by atoms with van der Waals surface area (Å²) in [5.74, 6) is 0.